The number of esters is 1. The summed E-state index contributed by atoms with van der Waals surface area (Å²) in [7, 11) is 0. The minimum atomic E-state index is -0.628. The second-order valence-electron chi connectivity index (χ2n) is 5.62. The van der Waals surface area contributed by atoms with Crippen LogP contribution in [0.4, 0.5) is 0 Å². The van der Waals surface area contributed by atoms with Gasteiger partial charge in [0.05, 0.1) is 5.39 Å². The first kappa shape index (κ1) is 18.3. The maximum Gasteiger partial charge on any atom is 0.349 e. The van der Waals surface area contributed by atoms with Crippen LogP contribution < -0.4 is 5.56 Å². The van der Waals surface area contributed by atoms with Crippen LogP contribution in [0.3, 0.4) is 0 Å². The molecule has 0 saturated heterocycles. The lowest BCUT2D eigenvalue weighted by Crippen LogP contribution is -2.14. The van der Waals surface area contributed by atoms with Crippen molar-refractivity contribution in [3.8, 4) is 0 Å². The van der Waals surface area contributed by atoms with Gasteiger partial charge in [-0.1, -0.05) is 12.1 Å². The van der Waals surface area contributed by atoms with E-state index in [4.69, 9.17) is 4.74 Å². The molecule has 8 heteroatoms. The van der Waals surface area contributed by atoms with Gasteiger partial charge in [-0.15, -0.1) is 23.1 Å². The highest BCUT2D eigenvalue weighted by atomic mass is 32.2. The molecule has 3 rings (SSSR count). The molecule has 134 valence electrons. The predicted octanol–water partition coefficient (Wildman–Crippen LogP) is 3.36. The van der Waals surface area contributed by atoms with Crippen LogP contribution in [0.25, 0.3) is 10.2 Å². The Balaban J connectivity index is 1.76. The van der Waals surface area contributed by atoms with E-state index in [1.54, 1.807) is 37.7 Å². The first-order valence-corrected chi connectivity index (χ1v) is 9.79. The Morgan fingerprint density at radius 1 is 1.23 bits per heavy atom. The van der Waals surface area contributed by atoms with Gasteiger partial charge in [-0.05, 0) is 37.8 Å². The number of aryl methyl sites for hydroxylation is 2. The molecule has 26 heavy (non-hydrogen) atoms. The molecule has 0 unspecified atom stereocenters. The summed E-state index contributed by atoms with van der Waals surface area (Å²) in [4.78, 5) is 45.3. The molecule has 2 aromatic heterocycles. The molecule has 2 heterocycles. The number of carbonyl (C=O) groups is 2. The van der Waals surface area contributed by atoms with E-state index in [2.05, 4.69) is 9.97 Å². The molecule has 0 aliphatic rings. The average Bonchev–Trinajstić information content (AvgIpc) is 2.96. The van der Waals surface area contributed by atoms with Gasteiger partial charge in [-0.3, -0.25) is 9.59 Å². The first-order chi connectivity index (χ1) is 12.4. The number of Topliss-reactive ketones (excluding diaryl/α,β-unsaturated/α-hetero) is 1. The van der Waals surface area contributed by atoms with Crippen molar-refractivity contribution in [3.05, 3.63) is 56.4 Å². The molecule has 0 bridgehead atoms. The number of hydrogen-bond acceptors (Lipinski definition) is 7. The fraction of sp³-hybridized carbons (Fsp3) is 0.222. The number of H-pyrrole nitrogens is 1. The Morgan fingerprint density at radius 2 is 1.92 bits per heavy atom. The predicted molar refractivity (Wildman–Crippen MR) is 103 cm³/mol. The number of thiophene rings is 1. The zero-order valence-electron chi connectivity index (χ0n) is 14.4. The molecule has 0 saturated carbocycles. The number of ether oxygens (including phenoxy) is 1. The summed E-state index contributed by atoms with van der Waals surface area (Å²) in [6.07, 6.45) is 1.95. The van der Waals surface area contributed by atoms with Crippen molar-refractivity contribution in [2.75, 3.05) is 12.9 Å². The van der Waals surface area contributed by atoms with Crippen LogP contribution in [0.5, 0.6) is 0 Å². The number of aromatic amines is 1. The number of nitrogens with one attached hydrogen (secondary N) is 1. The molecule has 0 atom stereocenters. The Morgan fingerprint density at radius 3 is 2.58 bits per heavy atom. The van der Waals surface area contributed by atoms with Crippen LogP contribution in [-0.4, -0.2) is 34.6 Å². The number of hydrogen-bond donors (Lipinski definition) is 1. The topological polar surface area (TPSA) is 89.1 Å². The maximum absolute atomic E-state index is 12.4. The third-order valence-corrected chi connectivity index (χ3v) is 5.76. The van der Waals surface area contributed by atoms with Crippen LogP contribution in [0, 0.1) is 13.8 Å². The second kappa shape index (κ2) is 7.43. The number of benzene rings is 1. The normalized spacial score (nSPS) is 10.9. The highest BCUT2D eigenvalue weighted by Gasteiger charge is 2.21. The molecule has 6 nitrogen and oxygen atoms in total. The first-order valence-electron chi connectivity index (χ1n) is 7.75. The van der Waals surface area contributed by atoms with Crippen molar-refractivity contribution >= 4 is 45.1 Å². The lowest BCUT2D eigenvalue weighted by molar-refractivity contribution is 0.0479. The second-order valence-corrected chi connectivity index (χ2v) is 7.49. The van der Waals surface area contributed by atoms with Crippen molar-refractivity contribution in [2.24, 2.45) is 0 Å². The number of aromatic nitrogens is 2. The van der Waals surface area contributed by atoms with Crippen LogP contribution in [0.2, 0.25) is 0 Å². The number of carbonyl (C=O) groups excluding carboxylic acids is 2. The van der Waals surface area contributed by atoms with E-state index in [1.807, 2.05) is 18.4 Å². The van der Waals surface area contributed by atoms with Crippen molar-refractivity contribution in [3.63, 3.8) is 0 Å². The summed E-state index contributed by atoms with van der Waals surface area (Å²) in [5, 5.41) is 0.381. The molecular weight excluding hydrogens is 372 g/mol. The summed E-state index contributed by atoms with van der Waals surface area (Å²) in [6, 6.07) is 7.10. The molecular formula is C18H16N2O4S2. The molecule has 3 aromatic rings. The number of thioether (sulfide) groups is 1. The van der Waals surface area contributed by atoms with Crippen molar-refractivity contribution in [2.45, 2.75) is 18.7 Å². The SMILES string of the molecule is CSc1ccc(C(=O)COC(=O)c2sc3nc(C)[nH]c(=O)c3c2C)cc1. The third kappa shape index (κ3) is 3.56. The van der Waals surface area contributed by atoms with E-state index in [9.17, 15) is 14.4 Å². The highest BCUT2D eigenvalue weighted by molar-refractivity contribution is 7.98. The number of fused-ring (bicyclic) bond motifs is 1. The van der Waals surface area contributed by atoms with Gasteiger partial charge in [0, 0.05) is 10.5 Å². The Kier molecular flexibility index (Phi) is 5.24. The smallest absolute Gasteiger partial charge is 0.349 e. The summed E-state index contributed by atoms with van der Waals surface area (Å²) >= 11 is 2.67. The monoisotopic (exact) mass is 388 g/mol. The molecule has 0 amide bonds. The average molecular weight is 388 g/mol. The van der Waals surface area contributed by atoms with E-state index < -0.39 is 5.97 Å². The van der Waals surface area contributed by atoms with Gasteiger partial charge in [-0.25, -0.2) is 9.78 Å². The maximum atomic E-state index is 12.4. The zero-order chi connectivity index (χ0) is 18.8. The van der Waals surface area contributed by atoms with E-state index in [0.29, 0.717) is 27.2 Å². The quantitative estimate of drug-likeness (QED) is 0.410. The highest BCUT2D eigenvalue weighted by Crippen LogP contribution is 2.27. The summed E-state index contributed by atoms with van der Waals surface area (Å²) in [5.41, 5.74) is 0.711. The number of ketones is 1. The van der Waals surface area contributed by atoms with Gasteiger partial charge in [0.1, 0.15) is 15.5 Å². The minimum Gasteiger partial charge on any atom is -0.453 e. The van der Waals surface area contributed by atoms with E-state index in [0.717, 1.165) is 16.2 Å². The summed E-state index contributed by atoms with van der Waals surface area (Å²) in [5.74, 6) is -0.430. The fourth-order valence-electron chi connectivity index (χ4n) is 2.50. The van der Waals surface area contributed by atoms with E-state index >= 15 is 0 Å². The van der Waals surface area contributed by atoms with Gasteiger partial charge in [0.25, 0.3) is 5.56 Å². The molecule has 0 aliphatic carbocycles. The van der Waals surface area contributed by atoms with Crippen LogP contribution in [-0.2, 0) is 4.74 Å². The van der Waals surface area contributed by atoms with Gasteiger partial charge >= 0.3 is 5.97 Å². The zero-order valence-corrected chi connectivity index (χ0v) is 16.0. The summed E-state index contributed by atoms with van der Waals surface area (Å²) in [6.45, 7) is 2.99. The minimum absolute atomic E-state index is 0.281. The van der Waals surface area contributed by atoms with Crippen molar-refractivity contribution < 1.29 is 14.3 Å². The Bertz CT molecular complexity index is 1050. The fourth-order valence-corrected chi connectivity index (χ4v) is 4.03. The van der Waals surface area contributed by atoms with Gasteiger partial charge in [-0.2, -0.15) is 0 Å². The Hall–Kier alpha value is -2.45. The molecule has 0 radical (unpaired) electrons. The van der Waals surface area contributed by atoms with Gasteiger partial charge in [0.15, 0.2) is 12.4 Å². The molecule has 1 N–H and O–H groups in total. The summed E-state index contributed by atoms with van der Waals surface area (Å²) < 4.78 is 5.16. The lowest BCUT2D eigenvalue weighted by Gasteiger charge is -2.04. The third-order valence-electron chi connectivity index (χ3n) is 3.85. The van der Waals surface area contributed by atoms with Crippen LogP contribution in [0.1, 0.15) is 31.4 Å². The molecule has 0 spiro atoms. The van der Waals surface area contributed by atoms with E-state index in [1.165, 1.54) is 0 Å². The molecule has 1 aromatic carbocycles. The molecule has 0 fully saturated rings. The van der Waals surface area contributed by atoms with Gasteiger partial charge < -0.3 is 9.72 Å². The van der Waals surface area contributed by atoms with E-state index in [-0.39, 0.29) is 22.8 Å². The standard InChI is InChI=1S/C18H16N2O4S2/c1-9-14-16(22)19-10(2)20-17(14)26-15(9)18(23)24-8-13(21)11-4-6-12(25-3)7-5-11/h4-7H,8H2,1-3H3,(H,19,20,22). The van der Waals surface area contributed by atoms with Crippen molar-refractivity contribution in [1.29, 1.82) is 0 Å². The lowest BCUT2D eigenvalue weighted by atomic mass is 10.1. The number of rotatable bonds is 5. The van der Waals surface area contributed by atoms with Crippen molar-refractivity contribution in [1.82, 2.24) is 9.97 Å². The van der Waals surface area contributed by atoms with Crippen LogP contribution in [0.15, 0.2) is 34.0 Å². The van der Waals surface area contributed by atoms with Crippen LogP contribution >= 0.6 is 23.1 Å². The number of nitrogens with zero attached hydrogens (tertiary/aromatic N) is 1. The van der Waals surface area contributed by atoms with Gasteiger partial charge in [0.2, 0.25) is 0 Å². The largest absolute Gasteiger partial charge is 0.453 e. The Labute approximate surface area is 157 Å². The molecule has 0 aliphatic heterocycles.